The minimum atomic E-state index is -0.619. The topological polar surface area (TPSA) is 55.7 Å². The van der Waals surface area contributed by atoms with Crippen LogP contribution in [0, 0.1) is 4.91 Å². The summed E-state index contributed by atoms with van der Waals surface area (Å²) in [6.07, 6.45) is 2.86. The molecule has 4 nitrogen and oxygen atoms in total. The molecule has 1 amide bonds. The van der Waals surface area contributed by atoms with E-state index in [1.54, 1.807) is 0 Å². The number of aryl methyl sites for hydroxylation is 1. The van der Waals surface area contributed by atoms with E-state index in [2.05, 4.69) is 12.1 Å². The summed E-state index contributed by atoms with van der Waals surface area (Å²) in [6.45, 7) is 2.57. The third-order valence-electron chi connectivity index (χ3n) is 2.37. The Kier molecular flexibility index (Phi) is 5.93. The number of carbonyl (C=O) groups is 1. The summed E-state index contributed by atoms with van der Waals surface area (Å²) in [6, 6.07) is 7.92. The Morgan fingerprint density at radius 1 is 1.29 bits per heavy atom. The predicted molar refractivity (Wildman–Crippen MR) is 66.0 cm³/mol. The van der Waals surface area contributed by atoms with Crippen LogP contribution in [0.15, 0.2) is 29.4 Å². The minimum Gasteiger partial charge on any atom is -0.494 e. The first kappa shape index (κ1) is 13.4. The number of ether oxygens (including phenoxy) is 1. The van der Waals surface area contributed by atoms with Crippen molar-refractivity contribution in [1.29, 1.82) is 0 Å². The van der Waals surface area contributed by atoms with Crippen LogP contribution in [0.25, 0.3) is 0 Å². The second-order valence-electron chi connectivity index (χ2n) is 3.83. The quantitative estimate of drug-likeness (QED) is 0.539. The van der Waals surface area contributed by atoms with E-state index in [9.17, 15) is 9.70 Å². The molecule has 0 N–H and O–H groups in total. The molecule has 0 aromatic heterocycles. The van der Waals surface area contributed by atoms with E-state index in [-0.39, 0.29) is 6.42 Å². The molecule has 0 unspecified atom stereocenters. The molecule has 0 saturated heterocycles. The van der Waals surface area contributed by atoms with Crippen LogP contribution >= 0.6 is 0 Å². The molecular weight excluding hydrogens is 218 g/mol. The van der Waals surface area contributed by atoms with E-state index < -0.39 is 5.91 Å². The van der Waals surface area contributed by atoms with Crippen LogP contribution in [0.3, 0.4) is 0 Å². The van der Waals surface area contributed by atoms with Crippen LogP contribution in [0.2, 0.25) is 0 Å². The number of carbonyl (C=O) groups excluding carboxylic acids is 1. The zero-order valence-corrected chi connectivity index (χ0v) is 10.0. The number of benzene rings is 1. The van der Waals surface area contributed by atoms with E-state index in [4.69, 9.17) is 4.74 Å². The molecule has 17 heavy (non-hydrogen) atoms. The molecule has 0 saturated carbocycles. The second kappa shape index (κ2) is 7.54. The van der Waals surface area contributed by atoms with Crippen LogP contribution in [0.5, 0.6) is 5.75 Å². The molecule has 0 fully saturated rings. The fourth-order valence-electron chi connectivity index (χ4n) is 1.50. The Balaban J connectivity index is 2.27. The van der Waals surface area contributed by atoms with Gasteiger partial charge in [-0.1, -0.05) is 25.5 Å². The van der Waals surface area contributed by atoms with Crippen molar-refractivity contribution in [3.05, 3.63) is 34.7 Å². The summed E-state index contributed by atoms with van der Waals surface area (Å²) in [7, 11) is 0. The van der Waals surface area contributed by atoms with Gasteiger partial charge >= 0.3 is 0 Å². The number of nitroso groups, excluding NO2 is 1. The molecule has 0 spiro atoms. The molecule has 1 rings (SSSR count). The monoisotopic (exact) mass is 235 g/mol. The maximum atomic E-state index is 10.6. The Bertz CT molecular complexity index is 359. The number of hydrogen-bond acceptors (Lipinski definition) is 3. The molecule has 0 bridgehead atoms. The van der Waals surface area contributed by atoms with Gasteiger partial charge in [-0.15, -0.1) is 4.91 Å². The van der Waals surface area contributed by atoms with Gasteiger partial charge in [0, 0.05) is 11.6 Å². The maximum absolute atomic E-state index is 10.6. The molecule has 0 atom stereocenters. The van der Waals surface area contributed by atoms with E-state index in [1.165, 1.54) is 5.56 Å². The van der Waals surface area contributed by atoms with Crippen molar-refractivity contribution in [3.63, 3.8) is 0 Å². The highest BCUT2D eigenvalue weighted by Gasteiger charge is 2.00. The first-order valence-corrected chi connectivity index (χ1v) is 5.84. The van der Waals surface area contributed by atoms with E-state index >= 15 is 0 Å². The van der Waals surface area contributed by atoms with Crippen molar-refractivity contribution in [2.75, 3.05) is 6.61 Å². The highest BCUT2D eigenvalue weighted by molar-refractivity contribution is 5.76. The Labute approximate surface area is 101 Å². The van der Waals surface area contributed by atoms with Gasteiger partial charge in [-0.05, 0) is 30.5 Å². The fraction of sp³-hybridized carbons (Fsp3) is 0.462. The van der Waals surface area contributed by atoms with Crippen molar-refractivity contribution in [3.8, 4) is 5.75 Å². The smallest absolute Gasteiger partial charge is 0.286 e. The highest BCUT2D eigenvalue weighted by atomic mass is 16.5. The van der Waals surface area contributed by atoms with E-state index in [1.807, 2.05) is 24.3 Å². The zero-order valence-electron chi connectivity index (χ0n) is 10.0. The normalized spacial score (nSPS) is 9.94. The molecule has 1 aromatic carbocycles. The zero-order chi connectivity index (χ0) is 12.5. The van der Waals surface area contributed by atoms with Crippen molar-refractivity contribution in [1.82, 2.24) is 0 Å². The van der Waals surface area contributed by atoms with Crippen molar-refractivity contribution in [2.45, 2.75) is 32.6 Å². The molecule has 0 radical (unpaired) electrons. The number of hydrogen-bond donors (Lipinski definition) is 0. The summed E-state index contributed by atoms with van der Waals surface area (Å²) in [5.41, 5.74) is 1.29. The van der Waals surface area contributed by atoms with Gasteiger partial charge in [0.15, 0.2) is 0 Å². The average molecular weight is 235 g/mol. The first-order valence-electron chi connectivity index (χ1n) is 5.84. The third kappa shape index (κ3) is 5.24. The molecule has 92 valence electrons. The number of rotatable bonds is 7. The molecule has 1 aromatic rings. The highest BCUT2D eigenvalue weighted by Crippen LogP contribution is 2.13. The van der Waals surface area contributed by atoms with Crippen LogP contribution in [0.1, 0.15) is 31.7 Å². The fourth-order valence-corrected chi connectivity index (χ4v) is 1.50. The van der Waals surface area contributed by atoms with Crippen molar-refractivity contribution < 1.29 is 9.53 Å². The molecule has 0 heterocycles. The van der Waals surface area contributed by atoms with Gasteiger partial charge in [-0.3, -0.25) is 4.79 Å². The largest absolute Gasteiger partial charge is 0.494 e. The number of amides is 1. The molecule has 0 aliphatic rings. The summed E-state index contributed by atoms with van der Waals surface area (Å²) >= 11 is 0. The van der Waals surface area contributed by atoms with Crippen LogP contribution < -0.4 is 4.74 Å². The molecular formula is C13H17NO3. The first-order chi connectivity index (χ1) is 8.26. The van der Waals surface area contributed by atoms with Gasteiger partial charge in [0.2, 0.25) is 0 Å². The summed E-state index contributed by atoms with van der Waals surface area (Å²) < 4.78 is 5.44. The Hall–Kier alpha value is -1.71. The lowest BCUT2D eigenvalue weighted by atomic mass is 10.1. The third-order valence-corrected chi connectivity index (χ3v) is 2.37. The summed E-state index contributed by atoms with van der Waals surface area (Å²) in [4.78, 5) is 20.4. The Morgan fingerprint density at radius 3 is 2.59 bits per heavy atom. The van der Waals surface area contributed by atoms with Gasteiger partial charge in [0.1, 0.15) is 5.75 Å². The van der Waals surface area contributed by atoms with Gasteiger partial charge in [0.25, 0.3) is 5.91 Å². The summed E-state index contributed by atoms with van der Waals surface area (Å²) in [5.74, 6) is 0.170. The minimum absolute atomic E-state index is 0.150. The van der Waals surface area contributed by atoms with Crippen molar-refractivity contribution in [2.24, 2.45) is 5.18 Å². The molecule has 4 heteroatoms. The second-order valence-corrected chi connectivity index (χ2v) is 3.83. The van der Waals surface area contributed by atoms with Crippen LogP contribution in [-0.2, 0) is 11.2 Å². The van der Waals surface area contributed by atoms with E-state index in [0.29, 0.717) is 13.0 Å². The average Bonchev–Trinajstić information content (AvgIpc) is 2.36. The molecule has 0 aliphatic heterocycles. The van der Waals surface area contributed by atoms with Gasteiger partial charge < -0.3 is 4.74 Å². The standard InChI is InChI=1S/C13H17NO3/c1-2-4-11-6-8-12(9-7-11)17-10-3-5-13(15)14-16/h6-9H,2-5,10H2,1H3. The SMILES string of the molecule is CCCc1ccc(OCCCC(=O)N=O)cc1. The lowest BCUT2D eigenvalue weighted by Crippen LogP contribution is -2.01. The van der Waals surface area contributed by atoms with Gasteiger partial charge in [0.05, 0.1) is 6.61 Å². The maximum Gasteiger partial charge on any atom is 0.286 e. The van der Waals surface area contributed by atoms with Crippen LogP contribution in [0.4, 0.5) is 0 Å². The van der Waals surface area contributed by atoms with Gasteiger partial charge in [-0.2, -0.15) is 0 Å². The molecule has 0 aliphatic carbocycles. The lowest BCUT2D eigenvalue weighted by molar-refractivity contribution is -0.118. The summed E-state index contributed by atoms with van der Waals surface area (Å²) in [5, 5.41) is 2.32. The number of nitrogens with zero attached hydrogens (tertiary/aromatic N) is 1. The van der Waals surface area contributed by atoms with Crippen molar-refractivity contribution >= 4 is 5.91 Å². The van der Waals surface area contributed by atoms with E-state index in [0.717, 1.165) is 18.6 Å². The van der Waals surface area contributed by atoms with Gasteiger partial charge in [-0.25, -0.2) is 0 Å². The Morgan fingerprint density at radius 2 is 2.00 bits per heavy atom. The lowest BCUT2D eigenvalue weighted by Gasteiger charge is -2.05. The van der Waals surface area contributed by atoms with Crippen LogP contribution in [-0.4, -0.2) is 12.5 Å². The predicted octanol–water partition coefficient (Wildman–Crippen LogP) is 3.09.